The molecule has 0 atom stereocenters. The second-order valence-corrected chi connectivity index (χ2v) is 4.74. The zero-order valence-electron chi connectivity index (χ0n) is 10.9. The number of rotatable bonds is 4. The van der Waals surface area contributed by atoms with Crippen molar-refractivity contribution >= 4 is 17.3 Å². The lowest BCUT2D eigenvalue weighted by molar-refractivity contribution is 0.469. The van der Waals surface area contributed by atoms with Crippen LogP contribution in [0.5, 0.6) is 5.75 Å². The molecule has 21 heavy (non-hydrogen) atoms. The van der Waals surface area contributed by atoms with E-state index in [0.29, 0.717) is 22.9 Å². The first-order valence-corrected chi connectivity index (χ1v) is 6.63. The third-order valence-electron chi connectivity index (χ3n) is 2.96. The average Bonchev–Trinajstić information content (AvgIpc) is 3.02. The van der Waals surface area contributed by atoms with E-state index in [4.69, 9.17) is 11.6 Å². The van der Waals surface area contributed by atoms with Gasteiger partial charge in [0.2, 0.25) is 0 Å². The van der Waals surface area contributed by atoms with E-state index < -0.39 is 0 Å². The van der Waals surface area contributed by atoms with Crippen LogP contribution in [0.2, 0.25) is 5.02 Å². The first kappa shape index (κ1) is 13.4. The number of benzene rings is 1. The number of phenols is 1. The Bertz CT molecular complexity index is 707. The molecule has 0 spiro atoms. The molecule has 106 valence electrons. The zero-order chi connectivity index (χ0) is 14.7. The van der Waals surface area contributed by atoms with Crippen molar-refractivity contribution in [3.8, 4) is 11.6 Å². The zero-order valence-corrected chi connectivity index (χ0v) is 11.7. The van der Waals surface area contributed by atoms with Gasteiger partial charge in [0.05, 0.1) is 11.9 Å². The Balaban J connectivity index is 1.71. The van der Waals surface area contributed by atoms with Crippen molar-refractivity contribution in [3.63, 3.8) is 0 Å². The SMILES string of the molecule is Oc1cccc(Cl)c1CNc1ccc(-n2cncn2)nc1. The molecule has 2 aromatic heterocycles. The topological polar surface area (TPSA) is 75.9 Å². The fourth-order valence-corrected chi connectivity index (χ4v) is 2.10. The highest BCUT2D eigenvalue weighted by atomic mass is 35.5. The van der Waals surface area contributed by atoms with Crippen molar-refractivity contribution in [1.82, 2.24) is 19.7 Å². The van der Waals surface area contributed by atoms with Crippen LogP contribution >= 0.6 is 11.6 Å². The van der Waals surface area contributed by atoms with Crippen LogP contribution < -0.4 is 5.32 Å². The highest BCUT2D eigenvalue weighted by Crippen LogP contribution is 2.26. The number of nitrogens with zero attached hydrogens (tertiary/aromatic N) is 4. The van der Waals surface area contributed by atoms with Crippen molar-refractivity contribution < 1.29 is 5.11 Å². The Morgan fingerprint density at radius 1 is 1.24 bits per heavy atom. The van der Waals surface area contributed by atoms with Gasteiger partial charge in [0.15, 0.2) is 5.82 Å². The minimum atomic E-state index is 0.169. The molecule has 2 heterocycles. The van der Waals surface area contributed by atoms with Gasteiger partial charge in [0.25, 0.3) is 0 Å². The van der Waals surface area contributed by atoms with Gasteiger partial charge in [-0.05, 0) is 24.3 Å². The molecule has 1 aromatic carbocycles. The van der Waals surface area contributed by atoms with Crippen LogP contribution in [0.25, 0.3) is 5.82 Å². The Kier molecular flexibility index (Phi) is 3.70. The standard InChI is InChI=1S/C14H12ClN5O/c15-12-2-1-3-13(21)11(12)7-17-10-4-5-14(18-6-10)20-9-16-8-19-20/h1-6,8-9,17,21H,7H2. The summed E-state index contributed by atoms with van der Waals surface area (Å²) in [6, 6.07) is 8.75. The van der Waals surface area contributed by atoms with E-state index in [2.05, 4.69) is 20.4 Å². The molecule has 0 saturated heterocycles. The predicted molar refractivity (Wildman–Crippen MR) is 79.6 cm³/mol. The molecule has 2 N–H and O–H groups in total. The molecule has 0 radical (unpaired) electrons. The molecule has 0 fully saturated rings. The summed E-state index contributed by atoms with van der Waals surface area (Å²) in [5.74, 6) is 0.848. The van der Waals surface area contributed by atoms with Gasteiger partial charge < -0.3 is 10.4 Å². The second kappa shape index (κ2) is 5.80. The van der Waals surface area contributed by atoms with E-state index in [1.165, 1.54) is 6.33 Å². The first-order chi connectivity index (χ1) is 10.2. The summed E-state index contributed by atoms with van der Waals surface area (Å²) < 4.78 is 1.57. The molecule has 0 aliphatic carbocycles. The van der Waals surface area contributed by atoms with Crippen LogP contribution in [0.1, 0.15) is 5.56 Å². The van der Waals surface area contributed by atoms with Crippen molar-refractivity contribution in [2.45, 2.75) is 6.54 Å². The Labute approximate surface area is 126 Å². The maximum Gasteiger partial charge on any atom is 0.155 e. The highest BCUT2D eigenvalue weighted by Gasteiger charge is 2.06. The van der Waals surface area contributed by atoms with E-state index >= 15 is 0 Å². The molecule has 0 aliphatic rings. The minimum absolute atomic E-state index is 0.169. The van der Waals surface area contributed by atoms with Gasteiger partial charge in [0, 0.05) is 17.1 Å². The number of nitrogens with one attached hydrogen (secondary N) is 1. The number of aromatic hydroxyl groups is 1. The Morgan fingerprint density at radius 3 is 2.81 bits per heavy atom. The molecule has 6 nitrogen and oxygen atoms in total. The third kappa shape index (κ3) is 2.95. The summed E-state index contributed by atoms with van der Waals surface area (Å²) in [7, 11) is 0. The van der Waals surface area contributed by atoms with E-state index in [0.717, 1.165) is 5.69 Å². The predicted octanol–water partition coefficient (Wildman–Crippen LogP) is 2.63. The van der Waals surface area contributed by atoms with Gasteiger partial charge in [-0.2, -0.15) is 5.10 Å². The minimum Gasteiger partial charge on any atom is -0.508 e. The molecule has 0 amide bonds. The molecule has 0 unspecified atom stereocenters. The van der Waals surface area contributed by atoms with E-state index in [-0.39, 0.29) is 5.75 Å². The maximum atomic E-state index is 9.78. The quantitative estimate of drug-likeness (QED) is 0.775. The number of hydrogen-bond acceptors (Lipinski definition) is 5. The van der Waals surface area contributed by atoms with Crippen molar-refractivity contribution in [1.29, 1.82) is 0 Å². The lowest BCUT2D eigenvalue weighted by atomic mass is 10.2. The van der Waals surface area contributed by atoms with Gasteiger partial charge in [-0.3, -0.25) is 0 Å². The van der Waals surface area contributed by atoms with Gasteiger partial charge in [-0.25, -0.2) is 14.6 Å². The molecule has 0 saturated carbocycles. The average molecular weight is 302 g/mol. The van der Waals surface area contributed by atoms with Crippen LogP contribution in [-0.2, 0) is 6.54 Å². The van der Waals surface area contributed by atoms with Crippen LogP contribution in [-0.4, -0.2) is 24.9 Å². The normalized spacial score (nSPS) is 10.5. The van der Waals surface area contributed by atoms with E-state index in [1.807, 2.05) is 12.1 Å². The van der Waals surface area contributed by atoms with Crippen LogP contribution in [0.3, 0.4) is 0 Å². The summed E-state index contributed by atoms with van der Waals surface area (Å²) >= 11 is 6.05. The molecule has 0 bridgehead atoms. The number of halogens is 1. The van der Waals surface area contributed by atoms with E-state index in [1.54, 1.807) is 35.4 Å². The summed E-state index contributed by atoms with van der Waals surface area (Å²) in [5.41, 5.74) is 1.47. The lowest BCUT2D eigenvalue weighted by Crippen LogP contribution is -2.02. The molecular formula is C14H12ClN5O. The van der Waals surface area contributed by atoms with Gasteiger partial charge in [0.1, 0.15) is 18.4 Å². The monoisotopic (exact) mass is 301 g/mol. The molecular weight excluding hydrogens is 290 g/mol. The maximum absolute atomic E-state index is 9.78. The van der Waals surface area contributed by atoms with E-state index in [9.17, 15) is 5.11 Å². The number of hydrogen-bond donors (Lipinski definition) is 2. The summed E-state index contributed by atoms with van der Waals surface area (Å²) in [4.78, 5) is 8.15. The summed E-state index contributed by atoms with van der Waals surface area (Å²) in [6.07, 6.45) is 4.72. The smallest absolute Gasteiger partial charge is 0.155 e. The molecule has 3 aromatic rings. The van der Waals surface area contributed by atoms with Crippen molar-refractivity contribution in [3.05, 3.63) is 59.8 Å². The largest absolute Gasteiger partial charge is 0.508 e. The molecule has 0 aliphatic heterocycles. The lowest BCUT2D eigenvalue weighted by Gasteiger charge is -2.10. The first-order valence-electron chi connectivity index (χ1n) is 6.25. The van der Waals surface area contributed by atoms with Crippen molar-refractivity contribution in [2.24, 2.45) is 0 Å². The Morgan fingerprint density at radius 2 is 2.14 bits per heavy atom. The Hall–Kier alpha value is -2.60. The van der Waals surface area contributed by atoms with Gasteiger partial charge in [-0.15, -0.1) is 0 Å². The fourth-order valence-electron chi connectivity index (χ4n) is 1.87. The second-order valence-electron chi connectivity index (χ2n) is 4.34. The summed E-state index contributed by atoms with van der Waals surface area (Å²) in [5, 5.41) is 17.5. The van der Waals surface area contributed by atoms with Crippen molar-refractivity contribution in [2.75, 3.05) is 5.32 Å². The fraction of sp³-hybridized carbons (Fsp3) is 0.0714. The molecule has 7 heteroatoms. The number of pyridine rings is 1. The number of aromatic nitrogens is 4. The van der Waals surface area contributed by atoms with Gasteiger partial charge >= 0.3 is 0 Å². The number of phenolic OH excluding ortho intramolecular Hbond substituents is 1. The highest BCUT2D eigenvalue weighted by molar-refractivity contribution is 6.31. The van der Waals surface area contributed by atoms with Crippen LogP contribution in [0.4, 0.5) is 5.69 Å². The van der Waals surface area contributed by atoms with Crippen LogP contribution in [0, 0.1) is 0 Å². The summed E-state index contributed by atoms with van der Waals surface area (Å²) in [6.45, 7) is 0.413. The van der Waals surface area contributed by atoms with Gasteiger partial charge in [-0.1, -0.05) is 17.7 Å². The third-order valence-corrected chi connectivity index (χ3v) is 3.32. The number of anilines is 1. The van der Waals surface area contributed by atoms with Crippen LogP contribution in [0.15, 0.2) is 49.2 Å². The molecule has 3 rings (SSSR count).